The van der Waals surface area contributed by atoms with Crippen LogP contribution in [0.4, 0.5) is 0 Å². The molecule has 0 bridgehead atoms. The van der Waals surface area contributed by atoms with Gasteiger partial charge in [0.2, 0.25) is 0 Å². The second-order valence-electron chi connectivity index (χ2n) is 9.00. The lowest BCUT2D eigenvalue weighted by atomic mass is 9.92. The van der Waals surface area contributed by atoms with Gasteiger partial charge in [-0.3, -0.25) is 4.90 Å². The highest BCUT2D eigenvalue weighted by molar-refractivity contribution is 6.30. The average molecular weight is 474 g/mol. The monoisotopic (exact) mass is 473 g/mol. The molecule has 0 N–H and O–H groups in total. The molecule has 0 saturated carbocycles. The molecule has 0 radical (unpaired) electrons. The first kappa shape index (κ1) is 24.6. The number of unbranched alkanes of at least 4 members (excludes halogenated alkanes) is 3. The average Bonchev–Trinajstić information content (AvgIpc) is 2.86. The first-order chi connectivity index (χ1) is 16.2. The summed E-state index contributed by atoms with van der Waals surface area (Å²) in [4.78, 5) is 2.48. The molecule has 180 valence electrons. The summed E-state index contributed by atoms with van der Waals surface area (Å²) < 4.78 is 24.3. The van der Waals surface area contributed by atoms with Crippen molar-refractivity contribution in [2.75, 3.05) is 33.9 Å². The van der Waals surface area contributed by atoms with Gasteiger partial charge in [-0.2, -0.15) is 0 Å². The molecule has 0 aliphatic carbocycles. The Morgan fingerprint density at radius 1 is 0.939 bits per heavy atom. The summed E-state index contributed by atoms with van der Waals surface area (Å²) in [6.45, 7) is 2.49. The van der Waals surface area contributed by atoms with Gasteiger partial charge in [-0.05, 0) is 43.5 Å². The molecule has 2 aromatic carbocycles. The van der Waals surface area contributed by atoms with Gasteiger partial charge < -0.3 is 18.9 Å². The minimum atomic E-state index is -0.365. The zero-order valence-electron chi connectivity index (χ0n) is 19.7. The van der Waals surface area contributed by atoms with E-state index in [0.29, 0.717) is 6.61 Å². The first-order valence-electron chi connectivity index (χ1n) is 12.1. The zero-order valence-corrected chi connectivity index (χ0v) is 20.5. The van der Waals surface area contributed by atoms with E-state index in [4.69, 9.17) is 30.5 Å². The number of aryl methyl sites for hydroxylation is 1. The summed E-state index contributed by atoms with van der Waals surface area (Å²) in [7, 11) is 3.51. The molecule has 2 unspecified atom stereocenters. The number of hydrogen-bond donors (Lipinski definition) is 0. The van der Waals surface area contributed by atoms with Gasteiger partial charge in [-0.25, -0.2) is 0 Å². The number of benzene rings is 2. The maximum Gasteiger partial charge on any atom is 0.184 e. The van der Waals surface area contributed by atoms with Crippen molar-refractivity contribution >= 4 is 11.6 Å². The summed E-state index contributed by atoms with van der Waals surface area (Å²) in [5, 5.41) is 0.800. The lowest BCUT2D eigenvalue weighted by Gasteiger charge is -2.51. The Labute approximate surface area is 202 Å². The van der Waals surface area contributed by atoms with Crippen molar-refractivity contribution < 1.29 is 18.9 Å². The van der Waals surface area contributed by atoms with E-state index in [1.807, 2.05) is 42.5 Å². The molecule has 2 saturated heterocycles. The van der Waals surface area contributed by atoms with Crippen molar-refractivity contribution in [3.63, 3.8) is 0 Å². The normalized spacial score (nSPS) is 27.9. The Balaban J connectivity index is 1.29. The van der Waals surface area contributed by atoms with E-state index in [0.717, 1.165) is 36.5 Å². The molecule has 6 heteroatoms. The lowest BCUT2D eigenvalue weighted by molar-refractivity contribution is -0.292. The van der Waals surface area contributed by atoms with Crippen LogP contribution < -0.4 is 0 Å². The Kier molecular flexibility index (Phi) is 9.18. The minimum Gasteiger partial charge on any atom is -0.377 e. The lowest BCUT2D eigenvalue weighted by Crippen LogP contribution is -2.66. The van der Waals surface area contributed by atoms with Gasteiger partial charge in [0.1, 0.15) is 12.2 Å². The Hall–Kier alpha value is -1.47. The number of rotatable bonds is 10. The molecule has 2 aromatic rings. The van der Waals surface area contributed by atoms with Crippen LogP contribution in [-0.2, 0) is 25.4 Å². The maximum atomic E-state index is 6.47. The Morgan fingerprint density at radius 2 is 1.70 bits per heavy atom. The number of nitrogens with zero attached hydrogens (tertiary/aromatic N) is 1. The third-order valence-electron chi connectivity index (χ3n) is 6.87. The van der Waals surface area contributed by atoms with Gasteiger partial charge in [0.15, 0.2) is 6.29 Å². The highest BCUT2D eigenvalue weighted by Gasteiger charge is 2.48. The standard InChI is InChI=1S/C27H36ClNO4/c1-30-24-18-29(17-9-4-3-6-10-20-13-15-22(28)16-14-20)23-19-32-27(21-11-7-5-8-12-21)33-25(23)26(24)31-2/h5,7-8,11-16,23-27H,3-4,6,9-10,17-19H2,1-2H3/t23?,24-,25+,26+,27?/m0/s1. The zero-order chi connectivity index (χ0) is 23.0. The van der Waals surface area contributed by atoms with Crippen molar-refractivity contribution in [1.29, 1.82) is 0 Å². The Bertz CT molecular complexity index is 834. The van der Waals surface area contributed by atoms with Gasteiger partial charge in [0.25, 0.3) is 0 Å². The quantitative estimate of drug-likeness (QED) is 0.439. The highest BCUT2D eigenvalue weighted by atomic mass is 35.5. The number of methoxy groups -OCH3 is 2. The second-order valence-corrected chi connectivity index (χ2v) is 9.44. The van der Waals surface area contributed by atoms with Crippen LogP contribution in [0, 0.1) is 0 Å². The number of likely N-dealkylation sites (tertiary alicyclic amines) is 1. The van der Waals surface area contributed by atoms with Crippen molar-refractivity contribution in [3.05, 3.63) is 70.7 Å². The number of ether oxygens (including phenoxy) is 4. The second kappa shape index (κ2) is 12.3. The molecule has 0 aromatic heterocycles. The number of fused-ring (bicyclic) bond motifs is 1. The van der Waals surface area contributed by atoms with Crippen molar-refractivity contribution in [3.8, 4) is 0 Å². The molecule has 5 atom stereocenters. The van der Waals surface area contributed by atoms with Gasteiger partial charge in [0, 0.05) is 31.4 Å². The largest absolute Gasteiger partial charge is 0.377 e. The van der Waals surface area contributed by atoms with E-state index in [1.165, 1.54) is 24.8 Å². The van der Waals surface area contributed by atoms with E-state index in [9.17, 15) is 0 Å². The van der Waals surface area contributed by atoms with Gasteiger partial charge in [0.05, 0.1) is 18.8 Å². The fraction of sp³-hybridized carbons (Fsp3) is 0.556. The molecule has 2 aliphatic rings. The predicted octanol–water partition coefficient (Wildman–Crippen LogP) is 5.27. The van der Waals surface area contributed by atoms with Gasteiger partial charge in [-0.15, -0.1) is 0 Å². The molecular formula is C27H36ClNO4. The third-order valence-corrected chi connectivity index (χ3v) is 7.12. The van der Waals surface area contributed by atoms with Crippen LogP contribution in [0.25, 0.3) is 0 Å². The summed E-state index contributed by atoms with van der Waals surface area (Å²) in [6, 6.07) is 18.5. The molecule has 4 rings (SSSR count). The maximum absolute atomic E-state index is 6.47. The van der Waals surface area contributed by atoms with Crippen molar-refractivity contribution in [1.82, 2.24) is 4.90 Å². The van der Waals surface area contributed by atoms with E-state index in [2.05, 4.69) is 17.0 Å². The minimum absolute atomic E-state index is 0.0179. The summed E-state index contributed by atoms with van der Waals surface area (Å²) in [6.07, 6.45) is 5.32. The van der Waals surface area contributed by atoms with Crippen LogP contribution in [0.2, 0.25) is 5.02 Å². The molecule has 0 spiro atoms. The van der Waals surface area contributed by atoms with Gasteiger partial charge in [-0.1, -0.05) is 66.9 Å². The third kappa shape index (κ3) is 6.36. The fourth-order valence-electron chi connectivity index (χ4n) is 5.03. The van der Waals surface area contributed by atoms with Crippen LogP contribution in [0.15, 0.2) is 54.6 Å². The Morgan fingerprint density at radius 3 is 2.42 bits per heavy atom. The van der Waals surface area contributed by atoms with E-state index < -0.39 is 0 Å². The molecule has 5 nitrogen and oxygen atoms in total. The van der Waals surface area contributed by atoms with Crippen LogP contribution in [0.5, 0.6) is 0 Å². The topological polar surface area (TPSA) is 40.2 Å². The number of piperidine rings is 1. The van der Waals surface area contributed by atoms with Crippen LogP contribution in [-0.4, -0.2) is 63.2 Å². The highest BCUT2D eigenvalue weighted by Crippen LogP contribution is 2.35. The SMILES string of the molecule is CO[C@@H]1[C@@H](OC)CN(CCCCCCc2ccc(Cl)cc2)C2COC(c3ccccc3)O[C@H]21. The summed E-state index contributed by atoms with van der Waals surface area (Å²) in [5.41, 5.74) is 2.40. The van der Waals surface area contributed by atoms with E-state index in [1.54, 1.807) is 14.2 Å². The number of hydrogen-bond acceptors (Lipinski definition) is 5. The van der Waals surface area contributed by atoms with E-state index >= 15 is 0 Å². The molecule has 2 aliphatic heterocycles. The van der Waals surface area contributed by atoms with E-state index in [-0.39, 0.29) is 30.6 Å². The van der Waals surface area contributed by atoms with Crippen LogP contribution in [0.3, 0.4) is 0 Å². The smallest absolute Gasteiger partial charge is 0.184 e. The summed E-state index contributed by atoms with van der Waals surface area (Å²) in [5.74, 6) is 0. The molecule has 33 heavy (non-hydrogen) atoms. The molecular weight excluding hydrogens is 438 g/mol. The van der Waals surface area contributed by atoms with Crippen LogP contribution >= 0.6 is 11.6 Å². The van der Waals surface area contributed by atoms with Crippen molar-refractivity contribution in [2.45, 2.75) is 62.7 Å². The van der Waals surface area contributed by atoms with Crippen molar-refractivity contribution in [2.24, 2.45) is 0 Å². The fourth-order valence-corrected chi connectivity index (χ4v) is 5.16. The predicted molar refractivity (Wildman–Crippen MR) is 131 cm³/mol. The number of halogens is 1. The molecule has 0 amide bonds. The molecule has 2 fully saturated rings. The first-order valence-corrected chi connectivity index (χ1v) is 12.4. The van der Waals surface area contributed by atoms with Crippen LogP contribution in [0.1, 0.15) is 43.1 Å². The summed E-state index contributed by atoms with van der Waals surface area (Å²) >= 11 is 5.98. The van der Waals surface area contributed by atoms with Gasteiger partial charge >= 0.3 is 0 Å². The molecule has 2 heterocycles.